The Morgan fingerprint density at radius 1 is 1.10 bits per heavy atom. The first-order valence-corrected chi connectivity index (χ1v) is 9.56. The molecule has 1 aliphatic rings. The monoisotopic (exact) mass is 404 g/mol. The van der Waals surface area contributed by atoms with Gasteiger partial charge in [-0.05, 0) is 60.0 Å². The third kappa shape index (κ3) is 2.94. The first kappa shape index (κ1) is 18.4. The van der Waals surface area contributed by atoms with Crippen molar-refractivity contribution in [2.45, 2.75) is 20.0 Å². The molecule has 2 aromatic carbocycles. The second kappa shape index (κ2) is 6.73. The van der Waals surface area contributed by atoms with E-state index in [0.717, 1.165) is 16.5 Å². The first-order valence-electron chi connectivity index (χ1n) is 9.56. The maximum Gasteiger partial charge on any atom is 0.256 e. The number of halogens is 2. The largest absolute Gasteiger partial charge is 0.328 e. The lowest BCUT2D eigenvalue weighted by atomic mass is 9.99. The highest BCUT2D eigenvalue weighted by atomic mass is 19.1. The summed E-state index contributed by atoms with van der Waals surface area (Å²) >= 11 is 0. The zero-order valence-corrected chi connectivity index (χ0v) is 16.5. The van der Waals surface area contributed by atoms with Gasteiger partial charge in [-0.15, -0.1) is 0 Å². The lowest BCUT2D eigenvalue weighted by molar-refractivity contribution is 0.0763. The van der Waals surface area contributed by atoms with Crippen LogP contribution in [0.1, 0.15) is 27.2 Å². The van der Waals surface area contributed by atoms with E-state index >= 15 is 0 Å². The molecule has 4 aromatic rings. The Labute approximate surface area is 171 Å². The number of benzene rings is 2. The van der Waals surface area contributed by atoms with Crippen LogP contribution in [0.5, 0.6) is 0 Å². The molecule has 0 bridgehead atoms. The van der Waals surface area contributed by atoms with E-state index in [2.05, 4.69) is 10.1 Å². The molecule has 0 spiro atoms. The van der Waals surface area contributed by atoms with Gasteiger partial charge in [0.1, 0.15) is 11.6 Å². The van der Waals surface area contributed by atoms with Crippen molar-refractivity contribution in [2.24, 2.45) is 7.05 Å². The van der Waals surface area contributed by atoms with E-state index in [-0.39, 0.29) is 24.6 Å². The molecule has 1 amide bonds. The van der Waals surface area contributed by atoms with Crippen molar-refractivity contribution >= 4 is 16.8 Å². The smallest absolute Gasteiger partial charge is 0.256 e. The zero-order chi connectivity index (χ0) is 21.0. The third-order valence-corrected chi connectivity index (χ3v) is 5.49. The molecule has 5 rings (SSSR count). The topological polar surface area (TPSA) is 51.0 Å². The van der Waals surface area contributed by atoms with E-state index in [1.807, 2.05) is 32.3 Å². The Morgan fingerprint density at radius 2 is 1.83 bits per heavy atom. The van der Waals surface area contributed by atoms with Crippen molar-refractivity contribution in [3.8, 4) is 11.1 Å². The fraction of sp³-hybridized carbons (Fsp3) is 0.174. The minimum absolute atomic E-state index is 0.126. The molecule has 3 heterocycles. The van der Waals surface area contributed by atoms with E-state index in [0.29, 0.717) is 22.4 Å². The number of aryl methyl sites for hydroxylation is 2. The first-order chi connectivity index (χ1) is 14.4. The average molecular weight is 404 g/mol. The van der Waals surface area contributed by atoms with Gasteiger partial charge in [0.05, 0.1) is 29.9 Å². The van der Waals surface area contributed by atoms with Gasteiger partial charge in [-0.2, -0.15) is 5.10 Å². The highest BCUT2D eigenvalue weighted by Gasteiger charge is 2.29. The lowest BCUT2D eigenvalue weighted by Gasteiger charge is -2.17. The van der Waals surface area contributed by atoms with Gasteiger partial charge in [0.25, 0.3) is 5.91 Å². The van der Waals surface area contributed by atoms with Gasteiger partial charge in [0.15, 0.2) is 0 Å². The summed E-state index contributed by atoms with van der Waals surface area (Å²) < 4.78 is 31.5. The Hall–Kier alpha value is -3.61. The number of hydrogen-bond donors (Lipinski definition) is 0. The average Bonchev–Trinajstić information content (AvgIpc) is 3.24. The molecule has 5 nitrogen and oxygen atoms in total. The second-order valence-electron chi connectivity index (χ2n) is 7.61. The van der Waals surface area contributed by atoms with Gasteiger partial charge in [-0.3, -0.25) is 14.5 Å². The van der Waals surface area contributed by atoms with Crippen molar-refractivity contribution in [2.75, 3.05) is 0 Å². The molecule has 0 radical (unpaired) electrons. The van der Waals surface area contributed by atoms with E-state index in [1.54, 1.807) is 23.0 Å². The van der Waals surface area contributed by atoms with Crippen molar-refractivity contribution in [3.05, 3.63) is 82.8 Å². The standard InChI is InChI=1S/C23H18F2N4O/c1-13-6-14(7-16-10-28(2)27-22(13)16)15-8-19(24)18(20(25)9-15)11-29-12-21-17(23(29)30)4-3-5-26-21/h3-10H,11-12H2,1-2H3. The number of aromatic nitrogens is 3. The normalized spacial score (nSPS) is 13.3. The van der Waals surface area contributed by atoms with Crippen LogP contribution in [-0.2, 0) is 20.1 Å². The molecule has 7 heteroatoms. The molecule has 0 fully saturated rings. The summed E-state index contributed by atoms with van der Waals surface area (Å²) in [5.74, 6) is -1.62. The SMILES string of the molecule is Cc1cc(-c2cc(F)c(CN3Cc4ncccc4C3=O)c(F)c2)cc2cn(C)nc12. The molecule has 150 valence electrons. The number of pyridine rings is 1. The van der Waals surface area contributed by atoms with E-state index < -0.39 is 11.6 Å². The molecule has 1 aliphatic heterocycles. The molecule has 2 aromatic heterocycles. The predicted molar refractivity (Wildman–Crippen MR) is 109 cm³/mol. The molecule has 0 N–H and O–H groups in total. The van der Waals surface area contributed by atoms with Gasteiger partial charge in [0.2, 0.25) is 0 Å². The molecular formula is C23H18F2N4O. The van der Waals surface area contributed by atoms with E-state index in [9.17, 15) is 13.6 Å². The van der Waals surface area contributed by atoms with Gasteiger partial charge >= 0.3 is 0 Å². The highest BCUT2D eigenvalue weighted by Crippen LogP contribution is 2.31. The Morgan fingerprint density at radius 3 is 2.57 bits per heavy atom. The molecule has 0 saturated carbocycles. The summed E-state index contributed by atoms with van der Waals surface area (Å²) in [5, 5.41) is 5.31. The quantitative estimate of drug-likeness (QED) is 0.509. The summed E-state index contributed by atoms with van der Waals surface area (Å²) in [6.45, 7) is 2.02. The molecule has 30 heavy (non-hydrogen) atoms. The van der Waals surface area contributed by atoms with Crippen LogP contribution in [0.25, 0.3) is 22.0 Å². The predicted octanol–water partition coefficient (Wildman–Crippen LogP) is 4.38. The lowest BCUT2D eigenvalue weighted by Crippen LogP contribution is -2.24. The number of carbonyl (C=O) groups is 1. The van der Waals surface area contributed by atoms with Gasteiger partial charge in [-0.25, -0.2) is 8.78 Å². The Bertz CT molecular complexity index is 1310. The Kier molecular flexibility index (Phi) is 4.13. The number of rotatable bonds is 3. The molecular weight excluding hydrogens is 386 g/mol. The molecule has 0 atom stereocenters. The van der Waals surface area contributed by atoms with Gasteiger partial charge in [0, 0.05) is 30.4 Å². The minimum atomic E-state index is -0.675. The van der Waals surface area contributed by atoms with E-state index in [1.165, 1.54) is 17.0 Å². The maximum absolute atomic E-state index is 14.9. The molecule has 0 aliphatic carbocycles. The summed E-state index contributed by atoms with van der Waals surface area (Å²) in [6.07, 6.45) is 3.48. The van der Waals surface area contributed by atoms with Crippen LogP contribution in [0.15, 0.2) is 48.8 Å². The summed E-state index contributed by atoms with van der Waals surface area (Å²) in [5.41, 5.74) is 3.93. The van der Waals surface area contributed by atoms with Crippen LogP contribution in [0.4, 0.5) is 8.78 Å². The number of nitrogens with zero attached hydrogens (tertiary/aromatic N) is 4. The van der Waals surface area contributed by atoms with Crippen LogP contribution >= 0.6 is 0 Å². The highest BCUT2D eigenvalue weighted by molar-refractivity contribution is 5.97. The van der Waals surface area contributed by atoms with Crippen LogP contribution in [0.3, 0.4) is 0 Å². The summed E-state index contributed by atoms with van der Waals surface area (Å²) in [7, 11) is 1.83. The van der Waals surface area contributed by atoms with Crippen LogP contribution in [-0.4, -0.2) is 25.6 Å². The van der Waals surface area contributed by atoms with Crippen molar-refractivity contribution in [1.29, 1.82) is 0 Å². The van der Waals surface area contributed by atoms with Crippen molar-refractivity contribution < 1.29 is 13.6 Å². The van der Waals surface area contributed by atoms with Crippen molar-refractivity contribution in [1.82, 2.24) is 19.7 Å². The number of hydrogen-bond acceptors (Lipinski definition) is 3. The number of carbonyl (C=O) groups excluding carboxylic acids is 1. The van der Waals surface area contributed by atoms with E-state index in [4.69, 9.17) is 0 Å². The van der Waals surface area contributed by atoms with Crippen LogP contribution in [0.2, 0.25) is 0 Å². The summed E-state index contributed by atoms with van der Waals surface area (Å²) in [4.78, 5) is 18.1. The number of fused-ring (bicyclic) bond motifs is 2. The second-order valence-corrected chi connectivity index (χ2v) is 7.61. The third-order valence-electron chi connectivity index (χ3n) is 5.49. The molecule has 0 saturated heterocycles. The van der Waals surface area contributed by atoms with Crippen LogP contribution in [0, 0.1) is 18.6 Å². The number of amides is 1. The van der Waals surface area contributed by atoms with Crippen molar-refractivity contribution in [3.63, 3.8) is 0 Å². The fourth-order valence-electron chi connectivity index (χ4n) is 4.02. The minimum Gasteiger partial charge on any atom is -0.328 e. The fourth-order valence-corrected chi connectivity index (χ4v) is 4.02. The van der Waals surface area contributed by atoms with Crippen LogP contribution < -0.4 is 0 Å². The van der Waals surface area contributed by atoms with Gasteiger partial charge < -0.3 is 4.90 Å². The zero-order valence-electron chi connectivity index (χ0n) is 16.5. The maximum atomic E-state index is 14.9. The molecule has 0 unspecified atom stereocenters. The Balaban J connectivity index is 1.48. The summed E-state index contributed by atoms with van der Waals surface area (Å²) in [6, 6.07) is 9.74. The van der Waals surface area contributed by atoms with Gasteiger partial charge in [-0.1, -0.05) is 0 Å².